The number of anilines is 3. The van der Waals surface area contributed by atoms with E-state index in [0.717, 1.165) is 22.6 Å². The lowest BCUT2D eigenvalue weighted by atomic mass is 10.1. The fraction of sp³-hybridized carbons (Fsp3) is 0.0909. The van der Waals surface area contributed by atoms with E-state index >= 15 is 0 Å². The molecule has 0 radical (unpaired) electrons. The Morgan fingerprint density at radius 2 is 1.81 bits per heavy atom. The standard InChI is InChI=1S/C22H20N4O/c1-16-10-11-23-21(12-16)26-19-9-5-8-18(13-19)20-15-25-22(27-20)24-14-17-6-3-2-4-7-17/h2-13,15H,14H2,1H3,(H,23,26)(H,24,25). The molecule has 0 aliphatic rings. The van der Waals surface area contributed by atoms with E-state index in [1.54, 1.807) is 12.4 Å². The molecule has 2 aromatic carbocycles. The SMILES string of the molecule is Cc1ccnc(Nc2cccc(-c3cnc(NCc4ccccc4)o3)c2)c1. The van der Waals surface area contributed by atoms with Gasteiger partial charge in [-0.05, 0) is 42.3 Å². The van der Waals surface area contributed by atoms with Gasteiger partial charge in [-0.15, -0.1) is 0 Å². The van der Waals surface area contributed by atoms with E-state index in [1.807, 2.05) is 61.5 Å². The summed E-state index contributed by atoms with van der Waals surface area (Å²) in [5.74, 6) is 1.53. The Balaban J connectivity index is 1.46. The smallest absolute Gasteiger partial charge is 0.295 e. The number of benzene rings is 2. The molecular weight excluding hydrogens is 336 g/mol. The monoisotopic (exact) mass is 356 g/mol. The highest BCUT2D eigenvalue weighted by Gasteiger charge is 2.07. The van der Waals surface area contributed by atoms with Gasteiger partial charge in [-0.3, -0.25) is 0 Å². The molecular formula is C22H20N4O. The van der Waals surface area contributed by atoms with Crippen molar-refractivity contribution in [2.75, 3.05) is 10.6 Å². The quantitative estimate of drug-likeness (QED) is 0.484. The molecule has 0 unspecified atom stereocenters. The van der Waals surface area contributed by atoms with Crippen LogP contribution >= 0.6 is 0 Å². The molecule has 134 valence electrons. The van der Waals surface area contributed by atoms with Crippen LogP contribution in [0.15, 0.2) is 83.5 Å². The molecule has 4 rings (SSSR count). The molecule has 5 nitrogen and oxygen atoms in total. The summed E-state index contributed by atoms with van der Waals surface area (Å²) in [5.41, 5.74) is 4.23. The maximum absolute atomic E-state index is 5.85. The number of nitrogens with one attached hydrogen (secondary N) is 2. The second kappa shape index (κ2) is 7.74. The van der Waals surface area contributed by atoms with Crippen molar-refractivity contribution in [1.82, 2.24) is 9.97 Å². The van der Waals surface area contributed by atoms with E-state index in [-0.39, 0.29) is 0 Å². The third-order valence-corrected chi connectivity index (χ3v) is 4.13. The van der Waals surface area contributed by atoms with E-state index < -0.39 is 0 Å². The van der Waals surface area contributed by atoms with Crippen LogP contribution in [0, 0.1) is 6.92 Å². The predicted octanol–water partition coefficient (Wildman–Crippen LogP) is 5.40. The number of hydrogen-bond acceptors (Lipinski definition) is 5. The van der Waals surface area contributed by atoms with Crippen LogP contribution in [0.5, 0.6) is 0 Å². The van der Waals surface area contributed by atoms with Gasteiger partial charge in [-0.2, -0.15) is 0 Å². The van der Waals surface area contributed by atoms with Crippen molar-refractivity contribution in [3.05, 3.63) is 90.3 Å². The molecule has 0 atom stereocenters. The van der Waals surface area contributed by atoms with Gasteiger partial charge < -0.3 is 15.1 Å². The number of pyridine rings is 1. The maximum atomic E-state index is 5.85. The number of nitrogens with zero attached hydrogens (tertiary/aromatic N) is 2. The van der Waals surface area contributed by atoms with Gasteiger partial charge in [0.25, 0.3) is 6.01 Å². The third kappa shape index (κ3) is 4.33. The fourth-order valence-electron chi connectivity index (χ4n) is 2.77. The van der Waals surface area contributed by atoms with E-state index in [1.165, 1.54) is 5.56 Å². The lowest BCUT2D eigenvalue weighted by Crippen LogP contribution is -1.98. The molecule has 0 fully saturated rings. The van der Waals surface area contributed by atoms with Crippen LogP contribution in [0.2, 0.25) is 0 Å². The summed E-state index contributed by atoms with van der Waals surface area (Å²) in [7, 11) is 0. The van der Waals surface area contributed by atoms with Gasteiger partial charge in [0.15, 0.2) is 5.76 Å². The normalized spacial score (nSPS) is 10.6. The highest BCUT2D eigenvalue weighted by atomic mass is 16.4. The van der Waals surface area contributed by atoms with E-state index in [0.29, 0.717) is 18.3 Å². The summed E-state index contributed by atoms with van der Waals surface area (Å²) < 4.78 is 5.85. The first kappa shape index (κ1) is 16.8. The summed E-state index contributed by atoms with van der Waals surface area (Å²) in [6, 6.07) is 22.6. The number of oxazole rings is 1. The minimum Gasteiger partial charge on any atom is -0.424 e. The molecule has 0 saturated carbocycles. The van der Waals surface area contributed by atoms with Crippen molar-refractivity contribution >= 4 is 17.5 Å². The van der Waals surface area contributed by atoms with Crippen molar-refractivity contribution in [3.8, 4) is 11.3 Å². The van der Waals surface area contributed by atoms with Crippen molar-refractivity contribution in [3.63, 3.8) is 0 Å². The first-order chi connectivity index (χ1) is 13.3. The van der Waals surface area contributed by atoms with Crippen LogP contribution in [0.1, 0.15) is 11.1 Å². The van der Waals surface area contributed by atoms with Crippen LogP contribution in [0.4, 0.5) is 17.5 Å². The van der Waals surface area contributed by atoms with Crippen molar-refractivity contribution in [1.29, 1.82) is 0 Å². The molecule has 4 aromatic rings. The molecule has 2 heterocycles. The van der Waals surface area contributed by atoms with Crippen molar-refractivity contribution in [2.45, 2.75) is 13.5 Å². The molecule has 27 heavy (non-hydrogen) atoms. The van der Waals surface area contributed by atoms with E-state index in [9.17, 15) is 0 Å². The first-order valence-corrected chi connectivity index (χ1v) is 8.80. The number of aryl methyl sites for hydroxylation is 1. The van der Waals surface area contributed by atoms with Crippen molar-refractivity contribution < 1.29 is 4.42 Å². The number of aromatic nitrogens is 2. The predicted molar refractivity (Wildman–Crippen MR) is 108 cm³/mol. The van der Waals surface area contributed by atoms with Crippen molar-refractivity contribution in [2.24, 2.45) is 0 Å². The Labute approximate surface area is 158 Å². The van der Waals surface area contributed by atoms with Gasteiger partial charge in [0.2, 0.25) is 0 Å². The van der Waals surface area contributed by atoms with Gasteiger partial charge in [-0.1, -0.05) is 42.5 Å². The first-order valence-electron chi connectivity index (χ1n) is 8.80. The van der Waals surface area contributed by atoms with Gasteiger partial charge in [0, 0.05) is 24.0 Å². The second-order valence-electron chi connectivity index (χ2n) is 6.29. The molecule has 0 aliphatic heterocycles. The molecule has 2 N–H and O–H groups in total. The zero-order valence-electron chi connectivity index (χ0n) is 15.0. The summed E-state index contributed by atoms with van der Waals surface area (Å²) in [4.78, 5) is 8.66. The van der Waals surface area contributed by atoms with Crippen LogP contribution in [0.3, 0.4) is 0 Å². The van der Waals surface area contributed by atoms with E-state index in [2.05, 4.69) is 32.7 Å². The van der Waals surface area contributed by atoms with Crippen LogP contribution in [-0.2, 0) is 6.54 Å². The molecule has 0 saturated heterocycles. The van der Waals surface area contributed by atoms with Crippen LogP contribution < -0.4 is 10.6 Å². The summed E-state index contributed by atoms with van der Waals surface area (Å²) in [6.07, 6.45) is 3.53. The average molecular weight is 356 g/mol. The minimum absolute atomic E-state index is 0.507. The Bertz CT molecular complexity index is 1030. The number of rotatable bonds is 6. The van der Waals surface area contributed by atoms with Crippen LogP contribution in [0.25, 0.3) is 11.3 Å². The molecule has 0 spiro atoms. The molecule has 0 amide bonds. The van der Waals surface area contributed by atoms with Gasteiger partial charge in [-0.25, -0.2) is 9.97 Å². The zero-order valence-corrected chi connectivity index (χ0v) is 15.0. The third-order valence-electron chi connectivity index (χ3n) is 4.13. The van der Waals surface area contributed by atoms with Gasteiger partial charge >= 0.3 is 0 Å². The average Bonchev–Trinajstić information content (AvgIpc) is 3.17. The minimum atomic E-state index is 0.507. The van der Waals surface area contributed by atoms with Gasteiger partial charge in [0.05, 0.1) is 6.20 Å². The zero-order chi connectivity index (χ0) is 18.5. The highest BCUT2D eigenvalue weighted by Crippen LogP contribution is 2.26. The Hall–Kier alpha value is -3.60. The molecule has 0 bridgehead atoms. The molecule has 2 aromatic heterocycles. The van der Waals surface area contributed by atoms with Crippen LogP contribution in [-0.4, -0.2) is 9.97 Å². The molecule has 0 aliphatic carbocycles. The fourth-order valence-corrected chi connectivity index (χ4v) is 2.77. The summed E-state index contributed by atoms with van der Waals surface area (Å²) in [6.45, 7) is 2.71. The Kier molecular flexibility index (Phi) is 4.83. The molecule has 5 heteroatoms. The maximum Gasteiger partial charge on any atom is 0.295 e. The van der Waals surface area contributed by atoms with E-state index in [4.69, 9.17) is 4.42 Å². The van der Waals surface area contributed by atoms with Gasteiger partial charge in [0.1, 0.15) is 5.82 Å². The summed E-state index contributed by atoms with van der Waals surface area (Å²) in [5, 5.41) is 6.53. The second-order valence-corrected chi connectivity index (χ2v) is 6.29. The number of hydrogen-bond donors (Lipinski definition) is 2. The lowest BCUT2D eigenvalue weighted by molar-refractivity contribution is 0.585. The summed E-state index contributed by atoms with van der Waals surface area (Å²) >= 11 is 0. The Morgan fingerprint density at radius 3 is 2.67 bits per heavy atom. The topological polar surface area (TPSA) is 63.0 Å². The Morgan fingerprint density at radius 1 is 0.926 bits per heavy atom. The largest absolute Gasteiger partial charge is 0.424 e. The highest BCUT2D eigenvalue weighted by molar-refractivity contribution is 5.67. The lowest BCUT2D eigenvalue weighted by Gasteiger charge is -2.07.